The standard InChI is InChI=1S/C33H31NO16/c1-9-22(37)28(43)29(44)33(49-9)50-30-11-3-4-12(31(45)34-16(8-35)32(46)47)23(38)19(11)20-14(26(30)41)7-15-21(27(20)42)25(40)13-5-10(48-2)6-17(36)18(13)24(15)39/h3-7,9,16,22,26,28-30,33,35-38,41-44H,8H2,1-2H3,(H,34,45)(H,46,47)/t9-,16+,22+,26+,28+,29-,30-,33+/m1/s1. The number of carbonyl (C=O) groups is 4. The van der Waals surface area contributed by atoms with Gasteiger partial charge in [-0.25, -0.2) is 4.79 Å². The molecule has 6 rings (SSSR count). The van der Waals surface area contributed by atoms with E-state index in [1.807, 2.05) is 5.32 Å². The minimum absolute atomic E-state index is 0.0129. The summed E-state index contributed by atoms with van der Waals surface area (Å²) in [5, 5.41) is 97.6. The zero-order valence-electron chi connectivity index (χ0n) is 26.1. The SMILES string of the molecule is COc1cc(O)c2c(c1)C(=O)c1c(cc3c(c1O)-c1c(ccc(C(=O)N[C@@H](CO)C(=O)O)c1O)[C@@H](O[C@@H]1O[C@H](C)[C@H](O)[C@H](O)[C@H]1O)[C@H]3O)C2=O. The van der Waals surface area contributed by atoms with Crippen LogP contribution in [0.4, 0.5) is 0 Å². The van der Waals surface area contributed by atoms with Crippen molar-refractivity contribution in [2.24, 2.45) is 0 Å². The molecule has 17 nitrogen and oxygen atoms in total. The van der Waals surface area contributed by atoms with Crippen molar-refractivity contribution in [3.63, 3.8) is 0 Å². The number of aliphatic carboxylic acids is 1. The maximum atomic E-state index is 13.8. The maximum absolute atomic E-state index is 13.8. The lowest BCUT2D eigenvalue weighted by Crippen LogP contribution is -2.57. The second-order valence-corrected chi connectivity index (χ2v) is 12.0. The molecule has 3 aromatic rings. The van der Waals surface area contributed by atoms with Crippen LogP contribution in [-0.4, -0.2) is 120 Å². The number of fused-ring (bicyclic) bond motifs is 5. The molecule has 8 atom stereocenters. The van der Waals surface area contributed by atoms with E-state index in [4.69, 9.17) is 14.2 Å². The summed E-state index contributed by atoms with van der Waals surface area (Å²) in [6.07, 6.45) is -11.5. The van der Waals surface area contributed by atoms with Crippen molar-refractivity contribution < 1.29 is 79.3 Å². The molecular weight excluding hydrogens is 666 g/mol. The molecule has 0 spiro atoms. The Kier molecular flexibility index (Phi) is 8.77. The number of aliphatic hydroxyl groups excluding tert-OH is 5. The van der Waals surface area contributed by atoms with Crippen LogP contribution in [0, 0.1) is 0 Å². The summed E-state index contributed by atoms with van der Waals surface area (Å²) >= 11 is 0. The monoisotopic (exact) mass is 697 g/mol. The molecule has 0 aromatic heterocycles. The number of aliphatic hydroxyl groups is 5. The van der Waals surface area contributed by atoms with Gasteiger partial charge < -0.3 is 65.5 Å². The van der Waals surface area contributed by atoms with E-state index in [2.05, 4.69) is 0 Å². The van der Waals surface area contributed by atoms with E-state index >= 15 is 0 Å². The fourth-order valence-corrected chi connectivity index (χ4v) is 6.46. The second-order valence-electron chi connectivity index (χ2n) is 12.0. The highest BCUT2D eigenvalue weighted by atomic mass is 16.7. The number of ketones is 2. The Hall–Kier alpha value is -5.14. The molecular formula is C33H31NO16. The highest BCUT2D eigenvalue weighted by Gasteiger charge is 2.48. The van der Waals surface area contributed by atoms with Gasteiger partial charge in [0.05, 0.1) is 36.5 Å². The normalized spacial score (nSPS) is 25.9. The molecule has 1 saturated heterocycles. The van der Waals surface area contributed by atoms with Crippen LogP contribution < -0.4 is 10.1 Å². The Morgan fingerprint density at radius 1 is 0.860 bits per heavy atom. The molecule has 10 N–H and O–H groups in total. The molecule has 1 amide bonds. The lowest BCUT2D eigenvalue weighted by atomic mass is 9.74. The van der Waals surface area contributed by atoms with Gasteiger partial charge in [0, 0.05) is 28.3 Å². The number of rotatable bonds is 7. The minimum Gasteiger partial charge on any atom is -0.507 e. The van der Waals surface area contributed by atoms with Crippen LogP contribution in [0.25, 0.3) is 11.1 Å². The summed E-state index contributed by atoms with van der Waals surface area (Å²) in [6, 6.07) is 3.69. The van der Waals surface area contributed by atoms with Crippen molar-refractivity contribution in [1.82, 2.24) is 5.32 Å². The summed E-state index contributed by atoms with van der Waals surface area (Å²) in [4.78, 5) is 52.2. The molecule has 17 heteroatoms. The Labute approximate surface area is 281 Å². The zero-order chi connectivity index (χ0) is 36.5. The molecule has 0 saturated carbocycles. The number of hydrogen-bond donors (Lipinski definition) is 10. The van der Waals surface area contributed by atoms with E-state index in [-0.39, 0.29) is 22.4 Å². The predicted octanol–water partition coefficient (Wildman–Crippen LogP) is -0.638. The second kappa shape index (κ2) is 12.6. The first-order valence-corrected chi connectivity index (χ1v) is 15.1. The van der Waals surface area contributed by atoms with Crippen LogP contribution in [-0.2, 0) is 14.3 Å². The fraction of sp³-hybridized carbons (Fsp3) is 0.333. The third-order valence-electron chi connectivity index (χ3n) is 9.09. The quantitative estimate of drug-likeness (QED) is 0.115. The summed E-state index contributed by atoms with van der Waals surface area (Å²) in [6.45, 7) is 0.366. The first-order valence-electron chi connectivity index (χ1n) is 15.1. The van der Waals surface area contributed by atoms with Crippen LogP contribution in [0.15, 0.2) is 30.3 Å². The van der Waals surface area contributed by atoms with Gasteiger partial charge in [-0.2, -0.15) is 0 Å². The van der Waals surface area contributed by atoms with Gasteiger partial charge in [-0.1, -0.05) is 6.07 Å². The van der Waals surface area contributed by atoms with Crippen LogP contribution >= 0.6 is 0 Å². The lowest BCUT2D eigenvalue weighted by molar-refractivity contribution is -0.312. The number of amides is 1. The van der Waals surface area contributed by atoms with Gasteiger partial charge in [-0.3, -0.25) is 14.4 Å². The van der Waals surface area contributed by atoms with E-state index in [1.54, 1.807) is 0 Å². The summed E-state index contributed by atoms with van der Waals surface area (Å²) in [7, 11) is 1.26. The van der Waals surface area contributed by atoms with Gasteiger partial charge in [-0.15, -0.1) is 0 Å². The van der Waals surface area contributed by atoms with E-state index < -0.39 is 130 Å². The van der Waals surface area contributed by atoms with Crippen molar-refractivity contribution in [3.8, 4) is 34.1 Å². The first kappa shape index (κ1) is 34.7. The van der Waals surface area contributed by atoms with Gasteiger partial charge >= 0.3 is 5.97 Å². The van der Waals surface area contributed by atoms with E-state index in [0.717, 1.165) is 24.3 Å². The molecule has 1 aliphatic heterocycles. The van der Waals surface area contributed by atoms with Gasteiger partial charge in [0.15, 0.2) is 23.9 Å². The number of benzene rings is 3. The smallest absolute Gasteiger partial charge is 0.328 e. The first-order chi connectivity index (χ1) is 23.6. The Bertz CT molecular complexity index is 1960. The summed E-state index contributed by atoms with van der Waals surface area (Å²) in [5.74, 6) is -7.09. The zero-order valence-corrected chi connectivity index (χ0v) is 26.1. The predicted molar refractivity (Wildman–Crippen MR) is 164 cm³/mol. The topological polar surface area (TPSA) is 290 Å². The fourth-order valence-electron chi connectivity index (χ4n) is 6.46. The number of methoxy groups -OCH3 is 1. The number of nitrogens with one attached hydrogen (secondary N) is 1. The Morgan fingerprint density at radius 3 is 2.14 bits per heavy atom. The maximum Gasteiger partial charge on any atom is 0.328 e. The highest BCUT2D eigenvalue weighted by Crippen LogP contribution is 2.56. The van der Waals surface area contributed by atoms with Crippen molar-refractivity contribution in [3.05, 3.63) is 69.3 Å². The number of hydrogen-bond acceptors (Lipinski definition) is 15. The van der Waals surface area contributed by atoms with Gasteiger partial charge in [0.2, 0.25) is 0 Å². The third-order valence-corrected chi connectivity index (χ3v) is 9.09. The number of phenolic OH excluding ortho intramolecular Hbond substituents is 3. The Balaban J connectivity index is 1.56. The molecule has 2 aliphatic carbocycles. The van der Waals surface area contributed by atoms with E-state index in [1.165, 1.54) is 20.1 Å². The summed E-state index contributed by atoms with van der Waals surface area (Å²) in [5.41, 5.74) is -3.70. The molecule has 0 bridgehead atoms. The van der Waals surface area contributed by atoms with Crippen molar-refractivity contribution in [2.75, 3.05) is 13.7 Å². The van der Waals surface area contributed by atoms with Crippen molar-refractivity contribution in [2.45, 2.75) is 55.9 Å². The lowest BCUT2D eigenvalue weighted by Gasteiger charge is -2.42. The molecule has 3 aromatic carbocycles. The average molecular weight is 698 g/mol. The molecule has 1 heterocycles. The Morgan fingerprint density at radius 2 is 1.50 bits per heavy atom. The van der Waals surface area contributed by atoms with Gasteiger partial charge in [-0.05, 0) is 36.2 Å². The summed E-state index contributed by atoms with van der Waals surface area (Å²) < 4.78 is 16.6. The van der Waals surface area contributed by atoms with Gasteiger partial charge in [0.1, 0.15) is 53.5 Å². The molecule has 0 radical (unpaired) electrons. The minimum atomic E-state index is -1.87. The molecule has 264 valence electrons. The number of carboxylic acids is 1. The number of phenols is 3. The van der Waals surface area contributed by atoms with E-state index in [9.17, 15) is 65.1 Å². The molecule has 50 heavy (non-hydrogen) atoms. The largest absolute Gasteiger partial charge is 0.507 e. The highest BCUT2D eigenvalue weighted by molar-refractivity contribution is 6.31. The van der Waals surface area contributed by atoms with E-state index in [0.29, 0.717) is 0 Å². The van der Waals surface area contributed by atoms with Crippen molar-refractivity contribution in [1.29, 1.82) is 0 Å². The van der Waals surface area contributed by atoms with Crippen molar-refractivity contribution >= 4 is 23.4 Å². The molecule has 0 unspecified atom stereocenters. The number of carboxylic acid groups (broad SMARTS) is 1. The van der Waals surface area contributed by atoms with Gasteiger partial charge in [0.25, 0.3) is 5.91 Å². The van der Waals surface area contributed by atoms with Crippen LogP contribution in [0.1, 0.15) is 72.5 Å². The van der Waals surface area contributed by atoms with Crippen LogP contribution in [0.2, 0.25) is 0 Å². The van der Waals surface area contributed by atoms with Crippen LogP contribution in [0.5, 0.6) is 23.0 Å². The van der Waals surface area contributed by atoms with Crippen LogP contribution in [0.3, 0.4) is 0 Å². The number of carbonyl (C=O) groups excluding carboxylic acids is 3. The molecule has 1 fully saturated rings. The number of aromatic hydroxyl groups is 3. The number of ether oxygens (including phenoxy) is 3. The average Bonchev–Trinajstić information content (AvgIpc) is 3.08. The third kappa shape index (κ3) is 5.23. The molecule has 3 aliphatic rings.